The lowest BCUT2D eigenvalue weighted by atomic mass is 9.45. The predicted molar refractivity (Wildman–Crippen MR) is 55.8 cm³/mol. The molecule has 0 saturated heterocycles. The van der Waals surface area contributed by atoms with Crippen LogP contribution in [0, 0.1) is 23.2 Å². The van der Waals surface area contributed by atoms with E-state index >= 15 is 0 Å². The minimum atomic E-state index is 0. The zero-order valence-corrected chi connectivity index (χ0v) is 9.18. The minimum absolute atomic E-state index is 0. The summed E-state index contributed by atoms with van der Waals surface area (Å²) in [7, 11) is 0. The number of aliphatic hydroxyl groups is 1. The van der Waals surface area contributed by atoms with Crippen molar-refractivity contribution in [2.75, 3.05) is 6.61 Å². The van der Waals surface area contributed by atoms with Crippen LogP contribution in [-0.4, -0.2) is 17.8 Å². The summed E-state index contributed by atoms with van der Waals surface area (Å²) in [4.78, 5) is 0. The molecule has 0 aromatic rings. The number of hydrogen-bond acceptors (Lipinski definition) is 2. The number of rotatable bonds is 1. The van der Waals surface area contributed by atoms with Gasteiger partial charge in [0.1, 0.15) is 0 Å². The lowest BCUT2D eigenvalue weighted by Crippen LogP contribution is -2.61. The van der Waals surface area contributed by atoms with Crippen molar-refractivity contribution >= 4 is 12.4 Å². The predicted octanol–water partition coefficient (Wildman–Crippen LogP) is 1.41. The van der Waals surface area contributed by atoms with Crippen molar-refractivity contribution in [1.29, 1.82) is 0 Å². The van der Waals surface area contributed by atoms with Crippen LogP contribution in [0.4, 0.5) is 0 Å². The van der Waals surface area contributed by atoms with E-state index in [4.69, 9.17) is 10.8 Å². The molecule has 0 radical (unpaired) electrons. The van der Waals surface area contributed by atoms with E-state index in [-0.39, 0.29) is 25.1 Å². The first-order chi connectivity index (χ1) is 5.57. The molecule has 0 amide bonds. The monoisotopic (exact) mass is 205 g/mol. The molecule has 0 aromatic carbocycles. The fourth-order valence-electron chi connectivity index (χ4n) is 3.16. The van der Waals surface area contributed by atoms with Gasteiger partial charge in [-0.15, -0.1) is 12.4 Å². The Balaban J connectivity index is 0.000000845. The number of halogens is 1. The third-order valence-corrected chi connectivity index (χ3v) is 4.38. The van der Waals surface area contributed by atoms with Crippen molar-refractivity contribution in [1.82, 2.24) is 0 Å². The van der Waals surface area contributed by atoms with Gasteiger partial charge in [-0.1, -0.05) is 13.8 Å². The molecular formula is C10H20ClNO. The van der Waals surface area contributed by atoms with Crippen molar-refractivity contribution < 1.29 is 5.11 Å². The first-order valence-electron chi connectivity index (χ1n) is 4.93. The molecule has 3 saturated carbocycles. The Bertz CT molecular complexity index is 195. The van der Waals surface area contributed by atoms with Crippen molar-refractivity contribution in [3.63, 3.8) is 0 Å². The van der Waals surface area contributed by atoms with Crippen molar-refractivity contribution in [2.45, 2.75) is 32.7 Å². The van der Waals surface area contributed by atoms with Crippen molar-refractivity contribution in [3.05, 3.63) is 0 Å². The summed E-state index contributed by atoms with van der Waals surface area (Å²) < 4.78 is 0. The zero-order valence-electron chi connectivity index (χ0n) is 8.36. The summed E-state index contributed by atoms with van der Waals surface area (Å²) >= 11 is 0. The van der Waals surface area contributed by atoms with Crippen LogP contribution < -0.4 is 5.73 Å². The molecule has 3 fully saturated rings. The molecule has 4 atom stereocenters. The molecule has 3 N–H and O–H groups in total. The normalized spacial score (nSPS) is 46.2. The molecule has 0 aliphatic heterocycles. The van der Waals surface area contributed by atoms with Crippen LogP contribution in [0.5, 0.6) is 0 Å². The van der Waals surface area contributed by atoms with Gasteiger partial charge < -0.3 is 10.8 Å². The Morgan fingerprint density at radius 1 is 1.38 bits per heavy atom. The summed E-state index contributed by atoms with van der Waals surface area (Å²) in [5.41, 5.74) is 6.54. The molecule has 13 heavy (non-hydrogen) atoms. The molecule has 3 aliphatic rings. The van der Waals surface area contributed by atoms with Crippen LogP contribution in [-0.2, 0) is 0 Å². The van der Waals surface area contributed by atoms with Gasteiger partial charge in [0.15, 0.2) is 0 Å². The van der Waals surface area contributed by atoms with Crippen LogP contribution in [0.15, 0.2) is 0 Å². The van der Waals surface area contributed by atoms with Gasteiger partial charge in [0, 0.05) is 12.6 Å². The molecule has 3 heteroatoms. The van der Waals surface area contributed by atoms with Crippen LogP contribution in [0.1, 0.15) is 26.7 Å². The van der Waals surface area contributed by atoms with E-state index in [1.807, 2.05) is 0 Å². The van der Waals surface area contributed by atoms with Crippen LogP contribution in [0.25, 0.3) is 0 Å². The Kier molecular flexibility index (Phi) is 2.96. The minimum Gasteiger partial charge on any atom is -0.396 e. The van der Waals surface area contributed by atoms with E-state index in [0.717, 1.165) is 12.3 Å². The van der Waals surface area contributed by atoms with E-state index in [1.54, 1.807) is 0 Å². The van der Waals surface area contributed by atoms with Crippen LogP contribution in [0.3, 0.4) is 0 Å². The number of aliphatic hydroxyl groups excluding tert-OH is 1. The first kappa shape index (κ1) is 11.3. The maximum atomic E-state index is 9.09. The van der Waals surface area contributed by atoms with Gasteiger partial charge in [-0.05, 0) is 36.0 Å². The largest absolute Gasteiger partial charge is 0.396 e. The van der Waals surface area contributed by atoms with Gasteiger partial charge in [-0.2, -0.15) is 0 Å². The second-order valence-electron chi connectivity index (χ2n) is 5.12. The van der Waals surface area contributed by atoms with Gasteiger partial charge >= 0.3 is 0 Å². The highest BCUT2D eigenvalue weighted by atomic mass is 35.5. The lowest BCUT2D eigenvalue weighted by Gasteiger charge is -2.61. The third-order valence-electron chi connectivity index (χ3n) is 4.38. The van der Waals surface area contributed by atoms with E-state index < -0.39 is 0 Å². The number of hydrogen-bond donors (Lipinski definition) is 2. The summed E-state index contributed by atoms with van der Waals surface area (Å²) in [5.74, 6) is 1.86. The van der Waals surface area contributed by atoms with Gasteiger partial charge in [0.2, 0.25) is 0 Å². The van der Waals surface area contributed by atoms with E-state index in [2.05, 4.69) is 13.8 Å². The smallest absolute Gasteiger partial charge is 0.0474 e. The van der Waals surface area contributed by atoms with Crippen LogP contribution in [0.2, 0.25) is 0 Å². The summed E-state index contributed by atoms with van der Waals surface area (Å²) in [6, 6.07) is 0.245. The zero-order chi connectivity index (χ0) is 8.93. The van der Waals surface area contributed by atoms with Crippen molar-refractivity contribution in [3.8, 4) is 0 Å². The van der Waals surface area contributed by atoms with E-state index in [0.29, 0.717) is 17.3 Å². The molecule has 2 bridgehead atoms. The van der Waals surface area contributed by atoms with Gasteiger partial charge in [-0.25, -0.2) is 0 Å². The fourth-order valence-corrected chi connectivity index (χ4v) is 3.16. The number of fused-ring (bicyclic) bond motifs is 2. The fraction of sp³-hybridized carbons (Fsp3) is 1.00. The molecule has 0 aromatic heterocycles. The average molecular weight is 206 g/mol. The molecule has 3 rings (SSSR count). The second kappa shape index (κ2) is 3.41. The second-order valence-corrected chi connectivity index (χ2v) is 5.12. The lowest BCUT2D eigenvalue weighted by molar-refractivity contribution is -0.113. The van der Waals surface area contributed by atoms with Gasteiger partial charge in [-0.3, -0.25) is 0 Å². The van der Waals surface area contributed by atoms with Crippen LogP contribution >= 0.6 is 12.4 Å². The average Bonchev–Trinajstić information content (AvgIpc) is 2.03. The molecule has 2 nitrogen and oxygen atoms in total. The van der Waals surface area contributed by atoms with Crippen molar-refractivity contribution in [2.24, 2.45) is 28.9 Å². The first-order valence-corrected chi connectivity index (χ1v) is 4.93. The Morgan fingerprint density at radius 2 is 2.00 bits per heavy atom. The molecule has 0 spiro atoms. The number of nitrogens with two attached hydrogens (primary N) is 1. The maximum absolute atomic E-state index is 9.09. The SMILES string of the molecule is CC1(C)[C@H]2C[C@H](CO)[C@H](N)[C@H]1C2.Cl. The molecule has 0 unspecified atom stereocenters. The Labute approximate surface area is 86.3 Å². The molecule has 3 aliphatic carbocycles. The summed E-state index contributed by atoms with van der Waals surface area (Å²) in [5, 5.41) is 9.09. The van der Waals surface area contributed by atoms with Gasteiger partial charge in [0.25, 0.3) is 0 Å². The highest BCUT2D eigenvalue weighted by Gasteiger charge is 2.56. The third kappa shape index (κ3) is 1.39. The van der Waals surface area contributed by atoms with Gasteiger partial charge in [0.05, 0.1) is 0 Å². The maximum Gasteiger partial charge on any atom is 0.0474 e. The quantitative estimate of drug-likeness (QED) is 0.680. The molecule has 0 heterocycles. The molecule has 78 valence electrons. The topological polar surface area (TPSA) is 46.2 Å². The standard InChI is InChI=1S/C10H19NO.ClH/c1-10(2)7-3-6(5-12)9(11)8(10)4-7;/h6-9,12H,3-5,11H2,1-2H3;1H/t6-,7+,8-,9+;/m1./s1. The highest BCUT2D eigenvalue weighted by molar-refractivity contribution is 5.85. The summed E-state index contributed by atoms with van der Waals surface area (Å²) in [6.45, 7) is 4.92. The Hall–Kier alpha value is 0.210. The van der Waals surface area contributed by atoms with E-state index in [9.17, 15) is 0 Å². The Morgan fingerprint density at radius 3 is 2.38 bits per heavy atom. The molecular weight excluding hydrogens is 186 g/mol. The van der Waals surface area contributed by atoms with E-state index in [1.165, 1.54) is 6.42 Å². The summed E-state index contributed by atoms with van der Waals surface area (Å²) in [6.07, 6.45) is 2.44. The highest BCUT2D eigenvalue weighted by Crippen LogP contribution is 2.59.